The van der Waals surface area contributed by atoms with Crippen molar-refractivity contribution in [3.8, 4) is 0 Å². The topological polar surface area (TPSA) is 46.5 Å². The molecule has 0 saturated carbocycles. The lowest BCUT2D eigenvalue weighted by Crippen LogP contribution is -2.15. The molecule has 1 unspecified atom stereocenters. The first-order valence-electron chi connectivity index (χ1n) is 5.91. The van der Waals surface area contributed by atoms with E-state index in [1.165, 1.54) is 0 Å². The van der Waals surface area contributed by atoms with Crippen molar-refractivity contribution in [3.05, 3.63) is 69.7 Å². The Kier molecular flexibility index (Phi) is 5.01. The number of aliphatic hydroxyl groups excluding tert-OH is 1. The Hall–Kier alpha value is -1.55. The molecule has 0 aliphatic heterocycles. The smallest absolute Gasteiger partial charge is 0.339 e. The van der Waals surface area contributed by atoms with E-state index in [1.807, 2.05) is 0 Å². The summed E-state index contributed by atoms with van der Waals surface area (Å²) in [7, 11) is 0. The molecule has 3 nitrogen and oxygen atoms in total. The van der Waals surface area contributed by atoms with Gasteiger partial charge in [-0.15, -0.1) is 0 Å². The van der Waals surface area contributed by atoms with Crippen LogP contribution < -0.4 is 0 Å². The molecule has 0 bridgehead atoms. The van der Waals surface area contributed by atoms with E-state index >= 15 is 0 Å². The summed E-state index contributed by atoms with van der Waals surface area (Å²) in [5, 5.41) is 10.7. The Morgan fingerprint density at radius 3 is 2.45 bits per heavy atom. The quantitative estimate of drug-likeness (QED) is 0.874. The normalized spacial score (nSPS) is 11.9. The minimum absolute atomic E-state index is 0.0274. The van der Waals surface area contributed by atoms with Crippen LogP contribution in [-0.2, 0) is 16.1 Å². The highest BCUT2D eigenvalue weighted by Crippen LogP contribution is 2.23. The second kappa shape index (κ2) is 6.75. The van der Waals surface area contributed by atoms with Gasteiger partial charge < -0.3 is 9.84 Å². The van der Waals surface area contributed by atoms with Gasteiger partial charge in [-0.1, -0.05) is 59.6 Å². The summed E-state index contributed by atoms with van der Waals surface area (Å²) in [6.07, 6.45) is -1.29. The first-order valence-corrected chi connectivity index (χ1v) is 6.67. The van der Waals surface area contributed by atoms with Crippen molar-refractivity contribution < 1.29 is 14.6 Å². The monoisotopic (exact) mass is 310 g/mol. The zero-order valence-electron chi connectivity index (χ0n) is 10.4. The van der Waals surface area contributed by atoms with Gasteiger partial charge in [0.1, 0.15) is 6.61 Å². The Morgan fingerprint density at radius 2 is 1.80 bits per heavy atom. The van der Waals surface area contributed by atoms with E-state index in [1.54, 1.807) is 48.5 Å². The van der Waals surface area contributed by atoms with Crippen LogP contribution >= 0.6 is 23.2 Å². The fourth-order valence-electron chi connectivity index (χ4n) is 1.63. The molecule has 0 aromatic heterocycles. The molecule has 0 amide bonds. The first kappa shape index (κ1) is 14.9. The molecule has 2 rings (SSSR count). The summed E-state index contributed by atoms with van der Waals surface area (Å²) in [5.41, 5.74) is 1.19. The fourth-order valence-corrected chi connectivity index (χ4v) is 1.95. The van der Waals surface area contributed by atoms with Crippen molar-refractivity contribution in [1.29, 1.82) is 0 Å². The Morgan fingerprint density at radius 1 is 1.10 bits per heavy atom. The van der Waals surface area contributed by atoms with Gasteiger partial charge in [-0.05, 0) is 23.3 Å². The average molecular weight is 311 g/mol. The van der Waals surface area contributed by atoms with Gasteiger partial charge in [0, 0.05) is 0 Å². The highest BCUT2D eigenvalue weighted by atomic mass is 35.5. The molecule has 104 valence electrons. The average Bonchev–Trinajstić information content (AvgIpc) is 2.48. The minimum atomic E-state index is -1.29. The second-order valence-electron chi connectivity index (χ2n) is 4.17. The van der Waals surface area contributed by atoms with E-state index < -0.39 is 12.1 Å². The van der Waals surface area contributed by atoms with Crippen molar-refractivity contribution in [3.63, 3.8) is 0 Å². The molecule has 0 fully saturated rings. The van der Waals surface area contributed by atoms with Gasteiger partial charge in [-0.3, -0.25) is 0 Å². The highest BCUT2D eigenvalue weighted by Gasteiger charge is 2.18. The molecule has 1 atom stereocenters. The Balaban J connectivity index is 1.96. The zero-order chi connectivity index (χ0) is 14.5. The van der Waals surface area contributed by atoms with Crippen LogP contribution in [0.15, 0.2) is 48.5 Å². The first-order chi connectivity index (χ1) is 9.58. The van der Waals surface area contributed by atoms with Gasteiger partial charge in [0.05, 0.1) is 10.0 Å². The number of ether oxygens (including phenoxy) is 1. The lowest BCUT2D eigenvalue weighted by atomic mass is 10.1. The third-order valence-electron chi connectivity index (χ3n) is 2.70. The van der Waals surface area contributed by atoms with Gasteiger partial charge >= 0.3 is 5.97 Å². The standard InChI is InChI=1S/C15H12Cl2O3/c16-12-7-6-10(8-13(12)17)9-20-15(19)14(18)11-4-2-1-3-5-11/h1-8,14,18H,9H2. The SMILES string of the molecule is O=C(OCc1ccc(Cl)c(Cl)c1)C(O)c1ccccc1. The van der Waals surface area contributed by atoms with Crippen LogP contribution in [0.25, 0.3) is 0 Å². The third-order valence-corrected chi connectivity index (χ3v) is 3.44. The molecule has 2 aromatic rings. The summed E-state index contributed by atoms with van der Waals surface area (Å²) in [6.45, 7) is 0.0274. The largest absolute Gasteiger partial charge is 0.459 e. The van der Waals surface area contributed by atoms with Crippen LogP contribution in [0.3, 0.4) is 0 Å². The summed E-state index contributed by atoms with van der Waals surface area (Å²) in [5.74, 6) is -0.706. The third kappa shape index (κ3) is 3.73. The lowest BCUT2D eigenvalue weighted by Gasteiger charge is -2.11. The van der Waals surface area contributed by atoms with Crippen LogP contribution in [-0.4, -0.2) is 11.1 Å². The highest BCUT2D eigenvalue weighted by molar-refractivity contribution is 6.42. The van der Waals surface area contributed by atoms with E-state index in [2.05, 4.69) is 0 Å². The van der Waals surface area contributed by atoms with Crippen molar-refractivity contribution in [2.75, 3.05) is 0 Å². The number of rotatable bonds is 4. The van der Waals surface area contributed by atoms with E-state index in [4.69, 9.17) is 27.9 Å². The maximum absolute atomic E-state index is 11.7. The van der Waals surface area contributed by atoms with E-state index in [0.29, 0.717) is 21.2 Å². The number of hydrogen-bond donors (Lipinski definition) is 1. The van der Waals surface area contributed by atoms with Crippen LogP contribution in [0.1, 0.15) is 17.2 Å². The van der Waals surface area contributed by atoms with Gasteiger partial charge in [-0.2, -0.15) is 0 Å². The molecule has 0 aliphatic carbocycles. The molecule has 2 aromatic carbocycles. The molecular formula is C15H12Cl2O3. The van der Waals surface area contributed by atoms with Crippen molar-refractivity contribution >= 4 is 29.2 Å². The van der Waals surface area contributed by atoms with E-state index in [-0.39, 0.29) is 6.61 Å². The van der Waals surface area contributed by atoms with Gasteiger partial charge in [-0.25, -0.2) is 4.79 Å². The van der Waals surface area contributed by atoms with Gasteiger partial charge in [0.15, 0.2) is 6.10 Å². The summed E-state index contributed by atoms with van der Waals surface area (Å²) < 4.78 is 5.05. The van der Waals surface area contributed by atoms with Crippen molar-refractivity contribution in [1.82, 2.24) is 0 Å². The molecule has 0 saturated heterocycles. The van der Waals surface area contributed by atoms with Crippen LogP contribution in [0, 0.1) is 0 Å². The number of aliphatic hydroxyl groups is 1. The molecule has 20 heavy (non-hydrogen) atoms. The number of carbonyl (C=O) groups is 1. The predicted octanol–water partition coefficient (Wildman–Crippen LogP) is 3.77. The molecule has 0 aliphatic rings. The number of halogens is 2. The van der Waals surface area contributed by atoms with E-state index in [9.17, 15) is 9.90 Å². The fraction of sp³-hybridized carbons (Fsp3) is 0.133. The van der Waals surface area contributed by atoms with Gasteiger partial charge in [0.25, 0.3) is 0 Å². The lowest BCUT2D eigenvalue weighted by molar-refractivity contribution is -0.155. The summed E-state index contributed by atoms with van der Waals surface area (Å²) in [4.78, 5) is 11.7. The van der Waals surface area contributed by atoms with Crippen LogP contribution in [0.5, 0.6) is 0 Å². The van der Waals surface area contributed by atoms with Crippen LogP contribution in [0.2, 0.25) is 10.0 Å². The zero-order valence-corrected chi connectivity index (χ0v) is 11.9. The molecular weight excluding hydrogens is 299 g/mol. The maximum Gasteiger partial charge on any atom is 0.339 e. The second-order valence-corrected chi connectivity index (χ2v) is 4.98. The number of hydrogen-bond acceptors (Lipinski definition) is 3. The summed E-state index contributed by atoms with van der Waals surface area (Å²) in [6, 6.07) is 13.5. The van der Waals surface area contributed by atoms with Crippen molar-refractivity contribution in [2.24, 2.45) is 0 Å². The molecule has 1 N–H and O–H groups in total. The number of esters is 1. The van der Waals surface area contributed by atoms with Gasteiger partial charge in [0.2, 0.25) is 0 Å². The van der Waals surface area contributed by atoms with E-state index in [0.717, 1.165) is 0 Å². The maximum atomic E-state index is 11.7. The molecule has 0 heterocycles. The summed E-state index contributed by atoms with van der Waals surface area (Å²) >= 11 is 11.7. The number of carbonyl (C=O) groups excluding carboxylic acids is 1. The molecule has 0 spiro atoms. The number of benzene rings is 2. The Bertz CT molecular complexity index is 599. The molecule has 0 radical (unpaired) electrons. The molecule has 5 heteroatoms. The Labute approximate surface area is 126 Å². The minimum Gasteiger partial charge on any atom is -0.459 e. The predicted molar refractivity (Wildman–Crippen MR) is 77.7 cm³/mol. The van der Waals surface area contributed by atoms with Crippen molar-refractivity contribution in [2.45, 2.75) is 12.7 Å². The van der Waals surface area contributed by atoms with Crippen LogP contribution in [0.4, 0.5) is 0 Å².